The average Bonchev–Trinajstić information content (AvgIpc) is 2.45. The molecule has 0 atom stereocenters. The van der Waals surface area contributed by atoms with E-state index in [1.54, 1.807) is 0 Å². The van der Waals surface area contributed by atoms with Crippen molar-refractivity contribution in [1.82, 2.24) is 10.2 Å². The number of rotatable bonds is 4. The van der Waals surface area contributed by atoms with E-state index in [2.05, 4.69) is 37.9 Å². The van der Waals surface area contributed by atoms with Crippen molar-refractivity contribution in [3.8, 4) is 0 Å². The number of hydrogen-bond donors (Lipinski definition) is 1. The molecule has 2 rings (SSSR count). The van der Waals surface area contributed by atoms with Crippen LogP contribution in [0.4, 0.5) is 8.78 Å². The molecule has 1 saturated heterocycles. The Morgan fingerprint density at radius 1 is 1.14 bits per heavy atom. The average molecular weight is 296 g/mol. The number of nitrogens with one attached hydrogen (secondary N) is 1. The van der Waals surface area contributed by atoms with Crippen LogP contribution in [0.2, 0.25) is 0 Å². The van der Waals surface area contributed by atoms with Crippen LogP contribution in [-0.4, -0.2) is 29.1 Å². The summed E-state index contributed by atoms with van der Waals surface area (Å²) in [6.07, 6.45) is 2.02. The minimum absolute atomic E-state index is 0.0389. The van der Waals surface area contributed by atoms with Crippen LogP contribution < -0.4 is 5.32 Å². The summed E-state index contributed by atoms with van der Waals surface area (Å²) in [5, 5.41) is 3.64. The third-order valence-electron chi connectivity index (χ3n) is 5.01. The van der Waals surface area contributed by atoms with Gasteiger partial charge in [0.25, 0.3) is 0 Å². The predicted molar refractivity (Wildman–Crippen MR) is 82.2 cm³/mol. The van der Waals surface area contributed by atoms with Gasteiger partial charge in [0.1, 0.15) is 11.6 Å². The van der Waals surface area contributed by atoms with Crippen LogP contribution in [0, 0.1) is 11.6 Å². The standard InChI is InChI=1S/C17H26F2N2/c1-5-17(6-2)12-21(16(3,4)11-20-17)10-13-14(18)8-7-9-15(13)19/h7-9,20H,5-6,10-12H2,1-4H3. The summed E-state index contributed by atoms with van der Waals surface area (Å²) in [5.41, 5.74) is 0.0911. The zero-order valence-electron chi connectivity index (χ0n) is 13.5. The topological polar surface area (TPSA) is 15.3 Å². The van der Waals surface area contributed by atoms with Crippen LogP contribution in [0.15, 0.2) is 18.2 Å². The first-order chi connectivity index (χ1) is 9.83. The van der Waals surface area contributed by atoms with E-state index in [4.69, 9.17) is 0 Å². The Bertz CT molecular complexity index is 475. The van der Waals surface area contributed by atoms with Crippen molar-refractivity contribution in [1.29, 1.82) is 0 Å². The molecule has 0 amide bonds. The van der Waals surface area contributed by atoms with Gasteiger partial charge in [-0.3, -0.25) is 4.90 Å². The van der Waals surface area contributed by atoms with Gasteiger partial charge in [0.15, 0.2) is 0 Å². The molecule has 118 valence electrons. The maximum Gasteiger partial charge on any atom is 0.130 e. The lowest BCUT2D eigenvalue weighted by Crippen LogP contribution is -2.67. The molecule has 0 aromatic heterocycles. The fourth-order valence-corrected chi connectivity index (χ4v) is 3.02. The lowest BCUT2D eigenvalue weighted by molar-refractivity contribution is 0.0147. The molecule has 21 heavy (non-hydrogen) atoms. The fourth-order valence-electron chi connectivity index (χ4n) is 3.02. The molecule has 1 fully saturated rings. The van der Waals surface area contributed by atoms with Crippen LogP contribution in [0.25, 0.3) is 0 Å². The van der Waals surface area contributed by atoms with E-state index in [1.165, 1.54) is 18.2 Å². The van der Waals surface area contributed by atoms with Gasteiger partial charge >= 0.3 is 0 Å². The van der Waals surface area contributed by atoms with Crippen molar-refractivity contribution in [3.05, 3.63) is 35.4 Å². The van der Waals surface area contributed by atoms with Crippen molar-refractivity contribution < 1.29 is 8.78 Å². The van der Waals surface area contributed by atoms with Crippen molar-refractivity contribution in [3.63, 3.8) is 0 Å². The van der Waals surface area contributed by atoms with Gasteiger partial charge in [0, 0.05) is 36.3 Å². The Morgan fingerprint density at radius 3 is 2.24 bits per heavy atom. The summed E-state index contributed by atoms with van der Waals surface area (Å²) in [4.78, 5) is 2.21. The number of piperazine rings is 1. The third-order valence-corrected chi connectivity index (χ3v) is 5.01. The molecule has 0 radical (unpaired) electrons. The van der Waals surface area contributed by atoms with Crippen LogP contribution in [0.5, 0.6) is 0 Å². The second-order valence-corrected chi connectivity index (χ2v) is 6.71. The predicted octanol–water partition coefficient (Wildman–Crippen LogP) is 3.71. The van der Waals surface area contributed by atoms with Crippen LogP contribution in [-0.2, 0) is 6.54 Å². The summed E-state index contributed by atoms with van der Waals surface area (Å²) in [7, 11) is 0. The fraction of sp³-hybridized carbons (Fsp3) is 0.647. The zero-order valence-corrected chi connectivity index (χ0v) is 13.5. The monoisotopic (exact) mass is 296 g/mol. The maximum atomic E-state index is 13.9. The Morgan fingerprint density at radius 2 is 1.71 bits per heavy atom. The van der Waals surface area contributed by atoms with Gasteiger partial charge in [-0.25, -0.2) is 8.78 Å². The smallest absolute Gasteiger partial charge is 0.130 e. The van der Waals surface area contributed by atoms with E-state index in [0.717, 1.165) is 25.9 Å². The molecule has 0 spiro atoms. The van der Waals surface area contributed by atoms with E-state index in [-0.39, 0.29) is 16.6 Å². The first kappa shape index (κ1) is 16.4. The highest BCUT2D eigenvalue weighted by Gasteiger charge is 2.41. The molecular weight excluding hydrogens is 270 g/mol. The van der Waals surface area contributed by atoms with Crippen LogP contribution >= 0.6 is 0 Å². The van der Waals surface area contributed by atoms with E-state index < -0.39 is 11.6 Å². The lowest BCUT2D eigenvalue weighted by Gasteiger charge is -2.52. The zero-order chi connectivity index (χ0) is 15.7. The molecule has 4 heteroatoms. The molecular formula is C17H26F2N2. The second kappa shape index (κ2) is 6.01. The second-order valence-electron chi connectivity index (χ2n) is 6.71. The van der Waals surface area contributed by atoms with E-state index >= 15 is 0 Å². The summed E-state index contributed by atoms with van der Waals surface area (Å²) < 4.78 is 27.9. The molecule has 0 aliphatic carbocycles. The van der Waals surface area contributed by atoms with Crippen molar-refractivity contribution in [2.24, 2.45) is 0 Å². The Labute approximate surface area is 126 Å². The molecule has 1 heterocycles. The van der Waals surface area contributed by atoms with Gasteiger partial charge in [-0.05, 0) is 38.8 Å². The molecule has 0 unspecified atom stereocenters. The highest BCUT2D eigenvalue weighted by Crippen LogP contribution is 2.30. The van der Waals surface area contributed by atoms with Crippen LogP contribution in [0.1, 0.15) is 46.1 Å². The van der Waals surface area contributed by atoms with Gasteiger partial charge in [-0.2, -0.15) is 0 Å². The normalized spacial score (nSPS) is 21.4. The Kier molecular flexibility index (Phi) is 4.69. The molecule has 1 aliphatic heterocycles. The summed E-state index contributed by atoms with van der Waals surface area (Å²) in [6.45, 7) is 10.5. The molecule has 1 aliphatic rings. The summed E-state index contributed by atoms with van der Waals surface area (Å²) in [5.74, 6) is -0.911. The van der Waals surface area contributed by atoms with E-state index in [0.29, 0.717) is 6.54 Å². The Hall–Kier alpha value is -1.00. The van der Waals surface area contributed by atoms with Crippen molar-refractivity contribution >= 4 is 0 Å². The third kappa shape index (κ3) is 3.27. The SMILES string of the molecule is CCC1(CC)CN(Cc2c(F)cccc2F)C(C)(C)CN1. The van der Waals surface area contributed by atoms with Gasteiger partial charge in [-0.15, -0.1) is 0 Å². The minimum atomic E-state index is -0.456. The first-order valence-electron chi connectivity index (χ1n) is 7.76. The molecule has 0 saturated carbocycles. The van der Waals surface area contributed by atoms with Gasteiger partial charge < -0.3 is 5.32 Å². The largest absolute Gasteiger partial charge is 0.308 e. The maximum absolute atomic E-state index is 13.9. The van der Waals surface area contributed by atoms with Crippen molar-refractivity contribution in [2.75, 3.05) is 13.1 Å². The van der Waals surface area contributed by atoms with Gasteiger partial charge in [0.05, 0.1) is 0 Å². The van der Waals surface area contributed by atoms with Gasteiger partial charge in [-0.1, -0.05) is 19.9 Å². The summed E-state index contributed by atoms with van der Waals surface area (Å²) in [6, 6.07) is 4.08. The Balaban J connectivity index is 2.27. The number of hydrogen-bond acceptors (Lipinski definition) is 2. The molecule has 1 aromatic carbocycles. The van der Waals surface area contributed by atoms with E-state index in [1.807, 2.05) is 0 Å². The lowest BCUT2D eigenvalue weighted by atomic mass is 9.84. The van der Waals surface area contributed by atoms with Crippen molar-refractivity contribution in [2.45, 2.75) is 58.2 Å². The number of benzene rings is 1. The molecule has 1 aromatic rings. The number of halogens is 2. The quantitative estimate of drug-likeness (QED) is 0.911. The molecule has 1 N–H and O–H groups in total. The number of nitrogens with zero attached hydrogens (tertiary/aromatic N) is 1. The first-order valence-corrected chi connectivity index (χ1v) is 7.76. The van der Waals surface area contributed by atoms with Gasteiger partial charge in [0.2, 0.25) is 0 Å². The van der Waals surface area contributed by atoms with Crippen LogP contribution in [0.3, 0.4) is 0 Å². The van der Waals surface area contributed by atoms with E-state index in [9.17, 15) is 8.78 Å². The minimum Gasteiger partial charge on any atom is -0.308 e. The molecule has 0 bridgehead atoms. The highest BCUT2D eigenvalue weighted by molar-refractivity contribution is 5.20. The highest BCUT2D eigenvalue weighted by atomic mass is 19.1. The molecule has 2 nitrogen and oxygen atoms in total. The summed E-state index contributed by atoms with van der Waals surface area (Å²) >= 11 is 0.